The van der Waals surface area contributed by atoms with E-state index in [1.54, 1.807) is 18.3 Å². The van der Waals surface area contributed by atoms with Gasteiger partial charge in [-0.05, 0) is 23.6 Å². The van der Waals surface area contributed by atoms with Crippen molar-refractivity contribution in [1.82, 2.24) is 10.3 Å². The Bertz CT molecular complexity index is 887. The average Bonchev–Trinajstić information content (AvgIpc) is 3.04. The highest BCUT2D eigenvalue weighted by atomic mass is 16.5. The molecule has 6 heteroatoms. The van der Waals surface area contributed by atoms with E-state index in [2.05, 4.69) is 10.3 Å². The molecule has 1 aromatic heterocycles. The number of para-hydroxylation sites is 1. The van der Waals surface area contributed by atoms with E-state index in [1.807, 2.05) is 36.4 Å². The smallest absolute Gasteiger partial charge is 0.407 e. The van der Waals surface area contributed by atoms with Crippen LogP contribution in [0.3, 0.4) is 0 Å². The number of nitrogens with one attached hydrogen (secondary N) is 2. The molecule has 0 bridgehead atoms. The Labute approximate surface area is 144 Å². The van der Waals surface area contributed by atoms with Crippen LogP contribution in [0.2, 0.25) is 0 Å². The Morgan fingerprint density at radius 1 is 1.08 bits per heavy atom. The minimum atomic E-state index is -0.971. The van der Waals surface area contributed by atoms with Gasteiger partial charge in [-0.2, -0.15) is 0 Å². The van der Waals surface area contributed by atoms with E-state index in [1.165, 1.54) is 0 Å². The Balaban J connectivity index is 1.54. The van der Waals surface area contributed by atoms with E-state index in [4.69, 9.17) is 4.74 Å². The highest BCUT2D eigenvalue weighted by Gasteiger charge is 2.12. The third kappa shape index (κ3) is 3.98. The van der Waals surface area contributed by atoms with Crippen LogP contribution in [-0.4, -0.2) is 28.7 Å². The molecule has 1 amide bonds. The zero-order valence-electron chi connectivity index (χ0n) is 13.5. The summed E-state index contributed by atoms with van der Waals surface area (Å²) in [5.41, 5.74) is 2.70. The van der Waals surface area contributed by atoms with Crippen molar-refractivity contribution in [2.75, 3.05) is 6.54 Å². The van der Waals surface area contributed by atoms with Crippen LogP contribution in [0.15, 0.2) is 54.7 Å². The molecule has 0 radical (unpaired) electrons. The number of carboxylic acid groups (broad SMARTS) is 1. The fourth-order valence-electron chi connectivity index (χ4n) is 2.67. The van der Waals surface area contributed by atoms with Crippen molar-refractivity contribution in [3.63, 3.8) is 0 Å². The molecule has 1 heterocycles. The largest absolute Gasteiger partial charge is 0.478 e. The normalized spacial score (nSPS) is 10.6. The summed E-state index contributed by atoms with van der Waals surface area (Å²) >= 11 is 0. The lowest BCUT2D eigenvalue weighted by atomic mass is 10.1. The number of alkyl carbamates (subject to hydrolysis) is 1. The molecular weight excluding hydrogens is 320 g/mol. The predicted octanol–water partition coefficient (Wildman–Crippen LogP) is 3.34. The number of carboxylic acids is 1. The molecule has 2 aromatic carbocycles. The number of ether oxygens (including phenoxy) is 1. The molecule has 6 nitrogen and oxygen atoms in total. The molecule has 25 heavy (non-hydrogen) atoms. The molecule has 0 fully saturated rings. The minimum absolute atomic E-state index is 0.224. The Hall–Kier alpha value is -3.28. The molecule has 0 aliphatic carbocycles. The maximum Gasteiger partial charge on any atom is 0.407 e. The number of aromatic amines is 1. The number of aromatic carboxylic acids is 1. The summed E-state index contributed by atoms with van der Waals surface area (Å²) in [6.45, 7) is 0.625. The predicted molar refractivity (Wildman–Crippen MR) is 93.6 cm³/mol. The number of hydrogen-bond acceptors (Lipinski definition) is 3. The monoisotopic (exact) mass is 338 g/mol. The number of carbonyl (C=O) groups excluding carboxylic acids is 1. The van der Waals surface area contributed by atoms with Crippen molar-refractivity contribution < 1.29 is 19.4 Å². The van der Waals surface area contributed by atoms with E-state index >= 15 is 0 Å². The van der Waals surface area contributed by atoms with Crippen LogP contribution < -0.4 is 5.32 Å². The summed E-state index contributed by atoms with van der Waals surface area (Å²) in [6.07, 6.45) is 1.87. The van der Waals surface area contributed by atoms with Gasteiger partial charge in [-0.25, -0.2) is 9.59 Å². The molecule has 0 saturated carbocycles. The van der Waals surface area contributed by atoms with E-state index in [-0.39, 0.29) is 12.2 Å². The quantitative estimate of drug-likeness (QED) is 0.643. The van der Waals surface area contributed by atoms with Crippen molar-refractivity contribution in [3.8, 4) is 0 Å². The fraction of sp³-hybridized carbons (Fsp3) is 0.158. The van der Waals surface area contributed by atoms with Gasteiger partial charge in [-0.3, -0.25) is 0 Å². The molecule has 0 spiro atoms. The first kappa shape index (κ1) is 16.6. The maximum absolute atomic E-state index is 11.7. The Morgan fingerprint density at radius 2 is 1.88 bits per heavy atom. The van der Waals surface area contributed by atoms with Gasteiger partial charge in [-0.1, -0.05) is 42.5 Å². The molecule has 128 valence electrons. The van der Waals surface area contributed by atoms with Gasteiger partial charge in [0, 0.05) is 18.1 Å². The van der Waals surface area contributed by atoms with Gasteiger partial charge in [0.25, 0.3) is 0 Å². The number of hydrogen-bond donors (Lipinski definition) is 3. The molecule has 3 aromatic rings. The van der Waals surface area contributed by atoms with Crippen LogP contribution in [0.25, 0.3) is 10.9 Å². The Kier molecular flexibility index (Phi) is 4.99. The summed E-state index contributed by atoms with van der Waals surface area (Å²) in [6, 6.07) is 14.6. The second-order valence-electron chi connectivity index (χ2n) is 5.59. The first-order valence-corrected chi connectivity index (χ1v) is 7.92. The van der Waals surface area contributed by atoms with Gasteiger partial charge < -0.3 is 20.1 Å². The number of rotatable bonds is 6. The first-order chi connectivity index (χ1) is 12.1. The molecule has 0 unspecified atom stereocenters. The standard InChI is InChI=1S/C19H18N2O4/c22-18(23)16-8-4-7-15-14(11-21-17(15)16)9-10-20-19(24)25-12-13-5-2-1-3-6-13/h1-8,11,21H,9-10,12H2,(H,20,24)(H,22,23). The SMILES string of the molecule is O=C(NCCc1c[nH]c2c(C(=O)O)cccc12)OCc1ccccc1. The van der Waals surface area contributed by atoms with Crippen LogP contribution in [0, 0.1) is 0 Å². The summed E-state index contributed by atoms with van der Waals surface area (Å²) in [7, 11) is 0. The molecule has 3 rings (SSSR count). The summed E-state index contributed by atoms with van der Waals surface area (Å²) in [5.74, 6) is -0.971. The molecule has 0 saturated heterocycles. The molecule has 3 N–H and O–H groups in total. The maximum atomic E-state index is 11.7. The summed E-state index contributed by atoms with van der Waals surface area (Å²) < 4.78 is 5.15. The zero-order valence-corrected chi connectivity index (χ0v) is 13.5. The second-order valence-corrected chi connectivity index (χ2v) is 5.59. The van der Waals surface area contributed by atoms with E-state index in [9.17, 15) is 14.7 Å². The summed E-state index contributed by atoms with van der Waals surface area (Å²) in [5, 5.41) is 12.7. The van der Waals surface area contributed by atoms with Crippen molar-refractivity contribution in [1.29, 1.82) is 0 Å². The average molecular weight is 338 g/mol. The van der Waals surface area contributed by atoms with Crippen LogP contribution in [0.4, 0.5) is 4.79 Å². The Morgan fingerprint density at radius 3 is 2.64 bits per heavy atom. The van der Waals surface area contributed by atoms with Crippen LogP contribution in [-0.2, 0) is 17.8 Å². The van der Waals surface area contributed by atoms with Crippen molar-refractivity contribution in [2.24, 2.45) is 0 Å². The van der Waals surface area contributed by atoms with Crippen LogP contribution >= 0.6 is 0 Å². The van der Waals surface area contributed by atoms with Crippen LogP contribution in [0.5, 0.6) is 0 Å². The van der Waals surface area contributed by atoms with Gasteiger partial charge >= 0.3 is 12.1 Å². The van der Waals surface area contributed by atoms with Crippen molar-refractivity contribution in [2.45, 2.75) is 13.0 Å². The fourth-order valence-corrected chi connectivity index (χ4v) is 2.67. The van der Waals surface area contributed by atoms with Crippen molar-refractivity contribution >= 4 is 23.0 Å². The van der Waals surface area contributed by atoms with E-state index < -0.39 is 12.1 Å². The first-order valence-electron chi connectivity index (χ1n) is 7.92. The highest BCUT2D eigenvalue weighted by Crippen LogP contribution is 2.22. The topological polar surface area (TPSA) is 91.4 Å². The number of aromatic nitrogens is 1. The molecule has 0 aliphatic rings. The molecule has 0 atom stereocenters. The number of benzene rings is 2. The van der Waals surface area contributed by atoms with E-state index in [0.717, 1.165) is 16.5 Å². The lowest BCUT2D eigenvalue weighted by Crippen LogP contribution is -2.26. The number of H-pyrrole nitrogens is 1. The van der Waals surface area contributed by atoms with Gasteiger partial charge in [0.2, 0.25) is 0 Å². The van der Waals surface area contributed by atoms with Crippen molar-refractivity contribution in [3.05, 3.63) is 71.4 Å². The van der Waals surface area contributed by atoms with Crippen LogP contribution in [0.1, 0.15) is 21.5 Å². The highest BCUT2D eigenvalue weighted by molar-refractivity contribution is 6.02. The van der Waals surface area contributed by atoms with Gasteiger partial charge in [0.1, 0.15) is 6.61 Å². The summed E-state index contributed by atoms with van der Waals surface area (Å²) in [4.78, 5) is 26.0. The van der Waals surface area contributed by atoms with Gasteiger partial charge in [0.15, 0.2) is 0 Å². The second kappa shape index (κ2) is 7.53. The number of amides is 1. The molecule has 0 aliphatic heterocycles. The number of fused-ring (bicyclic) bond motifs is 1. The van der Waals surface area contributed by atoms with Gasteiger partial charge in [0.05, 0.1) is 11.1 Å². The lowest BCUT2D eigenvalue weighted by Gasteiger charge is -2.07. The third-order valence-corrected chi connectivity index (χ3v) is 3.91. The number of carbonyl (C=O) groups is 2. The van der Waals surface area contributed by atoms with Gasteiger partial charge in [-0.15, -0.1) is 0 Å². The zero-order chi connectivity index (χ0) is 17.6. The van der Waals surface area contributed by atoms with E-state index in [0.29, 0.717) is 18.5 Å². The third-order valence-electron chi connectivity index (χ3n) is 3.91. The lowest BCUT2D eigenvalue weighted by molar-refractivity contribution is 0.0698. The minimum Gasteiger partial charge on any atom is -0.478 e. The molecular formula is C19H18N2O4.